The summed E-state index contributed by atoms with van der Waals surface area (Å²) >= 11 is 0. The topological polar surface area (TPSA) is 5.90 Å². The van der Waals surface area contributed by atoms with Crippen LogP contribution in [0.4, 0.5) is 0 Å². The summed E-state index contributed by atoms with van der Waals surface area (Å²) in [4.78, 5) is 2.18. The van der Waals surface area contributed by atoms with Gasteiger partial charge in [0.1, 0.15) is 20.6 Å². The van der Waals surface area contributed by atoms with Crippen LogP contribution >= 0.6 is 0 Å². The van der Waals surface area contributed by atoms with E-state index in [0.29, 0.717) is 0 Å². The second kappa shape index (κ2) is 3.16. The van der Waals surface area contributed by atoms with E-state index in [0.717, 1.165) is 0 Å². The summed E-state index contributed by atoms with van der Waals surface area (Å²) in [5.74, 6) is 0. The molecule has 0 rings (SSSR count). The largest absolute Gasteiger partial charge is 0.175 e. The Labute approximate surface area is 40.0 Å². The van der Waals surface area contributed by atoms with Gasteiger partial charge in [0.05, 0.1) is 0 Å². The molecule has 0 saturated carbocycles. The smallest absolute Gasteiger partial charge is 0.122 e. The molecule has 1 radical (unpaired) electrons. The van der Waals surface area contributed by atoms with Gasteiger partial charge in [0.2, 0.25) is 0 Å². The molecule has 0 heterocycles. The Morgan fingerprint density at radius 3 is 1.83 bits per heavy atom. The molecule has 0 atom stereocenters. The van der Waals surface area contributed by atoms with E-state index in [9.17, 15) is 0 Å². The molecule has 0 N–H and O–H groups in total. The predicted molar refractivity (Wildman–Crippen MR) is 29.1 cm³/mol. The lowest BCUT2D eigenvalue weighted by molar-refractivity contribution is 0.557. The highest BCUT2D eigenvalue weighted by Gasteiger charge is 1.90. The van der Waals surface area contributed by atoms with Gasteiger partial charge in [-0.1, -0.05) is 6.92 Å². The maximum atomic E-state index is 2.18. The van der Waals surface area contributed by atoms with Crippen LogP contribution in [0.15, 0.2) is 0 Å². The van der Waals surface area contributed by atoms with Gasteiger partial charge in [0.15, 0.2) is 0 Å². The molecule has 6 heavy (non-hydrogen) atoms. The van der Waals surface area contributed by atoms with Crippen molar-refractivity contribution < 1.29 is 0 Å². The minimum absolute atomic E-state index is 1.21. The number of hydrogen-bond acceptors (Lipinski definition) is 1. The molecule has 0 aromatic heterocycles. The van der Waals surface area contributed by atoms with Crippen molar-refractivity contribution in [1.29, 1.82) is 0 Å². The highest BCUT2D eigenvalue weighted by Crippen LogP contribution is 1.72. The van der Waals surface area contributed by atoms with Crippen LogP contribution in [-0.4, -0.2) is 20.6 Å². The van der Waals surface area contributed by atoms with Crippen molar-refractivity contribution >= 4 is 0 Å². The lowest BCUT2D eigenvalue weighted by Gasteiger charge is -1.92. The Hall–Kier alpha value is -0.0400. The summed E-state index contributed by atoms with van der Waals surface area (Å²) in [5, 5.41) is 0. The molecule has 37 valence electrons. The lowest BCUT2D eigenvalue weighted by atomic mass is 10.5. The quantitative estimate of drug-likeness (QED) is 0.439. The van der Waals surface area contributed by atoms with Crippen molar-refractivity contribution in [2.75, 3.05) is 20.6 Å². The van der Waals surface area contributed by atoms with Crippen LogP contribution < -0.4 is 4.90 Å². The van der Waals surface area contributed by atoms with Gasteiger partial charge in [0.25, 0.3) is 0 Å². The van der Waals surface area contributed by atoms with Crippen LogP contribution in [0.1, 0.15) is 13.3 Å². The number of rotatable bonds is 2. The second-order valence-corrected chi connectivity index (χ2v) is 1.80. The van der Waals surface area contributed by atoms with E-state index < -0.39 is 0 Å². The van der Waals surface area contributed by atoms with Crippen molar-refractivity contribution in [3.05, 3.63) is 0 Å². The molecule has 0 amide bonds. The van der Waals surface area contributed by atoms with Gasteiger partial charge in [-0.3, -0.25) is 0 Å². The van der Waals surface area contributed by atoms with E-state index in [1.807, 2.05) is 0 Å². The number of nitrogens with zero attached hydrogens (tertiary/aromatic N) is 1. The van der Waals surface area contributed by atoms with Crippen LogP contribution in [0.5, 0.6) is 0 Å². The van der Waals surface area contributed by atoms with Gasteiger partial charge in [-0.15, -0.1) is 0 Å². The van der Waals surface area contributed by atoms with Gasteiger partial charge < -0.3 is 0 Å². The maximum Gasteiger partial charge on any atom is 0.122 e. The van der Waals surface area contributed by atoms with E-state index in [-0.39, 0.29) is 0 Å². The predicted octanol–water partition coefficient (Wildman–Crippen LogP) is 0.796. The third kappa shape index (κ3) is 3.96. The summed E-state index contributed by atoms with van der Waals surface area (Å²) in [6, 6.07) is 0. The Morgan fingerprint density at radius 2 is 1.83 bits per heavy atom. The SMILES string of the molecule is CCC[N+](C)C. The Morgan fingerprint density at radius 1 is 1.33 bits per heavy atom. The summed E-state index contributed by atoms with van der Waals surface area (Å²) in [6.07, 6.45) is 1.26. The summed E-state index contributed by atoms with van der Waals surface area (Å²) in [5.41, 5.74) is 0. The third-order valence-corrected chi connectivity index (χ3v) is 0.671. The molecular formula is C5H13N+. The van der Waals surface area contributed by atoms with E-state index in [1.54, 1.807) is 0 Å². The van der Waals surface area contributed by atoms with Crippen molar-refractivity contribution in [1.82, 2.24) is 4.90 Å². The molecule has 0 bridgehead atoms. The highest BCUT2D eigenvalue weighted by molar-refractivity contribution is 4.41. The summed E-state index contributed by atoms with van der Waals surface area (Å²) < 4.78 is 0. The molecule has 0 aromatic carbocycles. The van der Waals surface area contributed by atoms with Crippen LogP contribution in [-0.2, 0) is 0 Å². The molecule has 0 aromatic rings. The minimum Gasteiger partial charge on any atom is -0.175 e. The Bertz CT molecular complexity index is 25.1. The first kappa shape index (κ1) is 5.96. The average molecular weight is 87.2 g/mol. The van der Waals surface area contributed by atoms with Crippen LogP contribution in [0.3, 0.4) is 0 Å². The molecule has 0 fully saturated rings. The molecule has 0 unspecified atom stereocenters. The molecule has 0 aliphatic heterocycles. The molecule has 1 heteroatoms. The fraction of sp³-hybridized carbons (Fsp3) is 1.00. The van der Waals surface area contributed by atoms with Crippen molar-refractivity contribution in [2.45, 2.75) is 13.3 Å². The second-order valence-electron chi connectivity index (χ2n) is 1.80. The van der Waals surface area contributed by atoms with E-state index in [1.165, 1.54) is 13.0 Å². The first-order valence-corrected chi connectivity index (χ1v) is 2.42. The molecular weight excluding hydrogens is 74.1 g/mol. The normalized spacial score (nSPS) is 10.0. The third-order valence-electron chi connectivity index (χ3n) is 0.671. The zero-order chi connectivity index (χ0) is 4.99. The minimum atomic E-state index is 1.21. The highest BCUT2D eigenvalue weighted by atomic mass is 15.0. The summed E-state index contributed by atoms with van der Waals surface area (Å²) in [6.45, 7) is 3.39. The van der Waals surface area contributed by atoms with Crippen molar-refractivity contribution in [2.24, 2.45) is 0 Å². The van der Waals surface area contributed by atoms with Gasteiger partial charge in [-0.25, -0.2) is 0 Å². The fourth-order valence-corrected chi connectivity index (χ4v) is 0.447. The van der Waals surface area contributed by atoms with Crippen molar-refractivity contribution in [3.8, 4) is 0 Å². The van der Waals surface area contributed by atoms with E-state index >= 15 is 0 Å². The Kier molecular flexibility index (Phi) is 3.14. The van der Waals surface area contributed by atoms with Crippen LogP contribution in [0.25, 0.3) is 0 Å². The Balaban J connectivity index is 2.63. The monoisotopic (exact) mass is 87.1 g/mol. The standard InChI is InChI=1S/C5H13N/c1-4-5-6(2)3/h4-5H2,1-3H3/q+1. The first-order chi connectivity index (χ1) is 2.77. The van der Waals surface area contributed by atoms with Gasteiger partial charge >= 0.3 is 0 Å². The van der Waals surface area contributed by atoms with Gasteiger partial charge in [0, 0.05) is 0 Å². The average Bonchev–Trinajstić information content (AvgIpc) is 1.35. The lowest BCUT2D eigenvalue weighted by Crippen LogP contribution is -2.18. The first-order valence-electron chi connectivity index (χ1n) is 2.42. The number of hydrogen-bond donors (Lipinski definition) is 0. The summed E-state index contributed by atoms with van der Waals surface area (Å²) in [7, 11) is 4.17. The van der Waals surface area contributed by atoms with Gasteiger partial charge in [-0.2, -0.15) is 4.90 Å². The zero-order valence-electron chi connectivity index (χ0n) is 4.86. The van der Waals surface area contributed by atoms with Crippen molar-refractivity contribution in [3.63, 3.8) is 0 Å². The fourth-order valence-electron chi connectivity index (χ4n) is 0.447. The molecule has 1 nitrogen and oxygen atoms in total. The van der Waals surface area contributed by atoms with E-state index in [4.69, 9.17) is 0 Å². The van der Waals surface area contributed by atoms with E-state index in [2.05, 4.69) is 25.9 Å². The van der Waals surface area contributed by atoms with Gasteiger partial charge in [-0.05, 0) is 6.42 Å². The molecule has 0 aliphatic rings. The molecule has 0 saturated heterocycles. The zero-order valence-corrected chi connectivity index (χ0v) is 4.86. The van der Waals surface area contributed by atoms with Crippen LogP contribution in [0, 0.1) is 0 Å². The molecule has 0 aliphatic carbocycles. The van der Waals surface area contributed by atoms with Crippen LogP contribution in [0.2, 0.25) is 0 Å². The molecule has 0 spiro atoms. The maximum absolute atomic E-state index is 2.18.